The van der Waals surface area contributed by atoms with Gasteiger partial charge in [0, 0.05) is 30.9 Å². The number of anilines is 2. The minimum Gasteiger partial charge on any atom is -0.383 e. The number of fused-ring (bicyclic) bond motifs is 1. The number of hydrogen-bond donors (Lipinski definition) is 2. The van der Waals surface area contributed by atoms with Crippen molar-refractivity contribution in [2.75, 3.05) is 23.3 Å². The number of rotatable bonds is 1. The van der Waals surface area contributed by atoms with Crippen molar-refractivity contribution in [3.8, 4) is 0 Å². The molecule has 1 amide bonds. The van der Waals surface area contributed by atoms with Crippen molar-refractivity contribution in [2.24, 2.45) is 0 Å². The number of hydrogen-bond acceptors (Lipinski definition) is 3. The number of aromatic nitrogens is 1. The highest BCUT2D eigenvalue weighted by atomic mass is 16.2. The van der Waals surface area contributed by atoms with Crippen molar-refractivity contribution in [2.45, 2.75) is 6.42 Å². The zero-order chi connectivity index (χ0) is 13.9. The highest BCUT2D eigenvalue weighted by Gasteiger charge is 2.22. The topological polar surface area (TPSA) is 65.2 Å². The standard InChI is InChI=1S/C15H15N3O2/c19-14-10-11(6-8-17-14)15(20)18-9-3-7-16-12-4-1-2-5-13(12)18/h1-2,4-6,8,10,16H,3,7,9H2,(H,17,19). The Morgan fingerprint density at radius 1 is 1.20 bits per heavy atom. The number of benzene rings is 1. The molecule has 0 bridgehead atoms. The molecule has 0 unspecified atom stereocenters. The molecule has 5 heteroatoms. The van der Waals surface area contributed by atoms with E-state index in [9.17, 15) is 9.59 Å². The van der Waals surface area contributed by atoms with Crippen molar-refractivity contribution < 1.29 is 4.79 Å². The van der Waals surface area contributed by atoms with E-state index in [1.165, 1.54) is 12.3 Å². The molecule has 0 atom stereocenters. The van der Waals surface area contributed by atoms with Crippen LogP contribution in [0.3, 0.4) is 0 Å². The normalized spacial score (nSPS) is 14.1. The van der Waals surface area contributed by atoms with Crippen LogP contribution in [-0.4, -0.2) is 24.0 Å². The van der Waals surface area contributed by atoms with Crippen LogP contribution in [0.25, 0.3) is 0 Å². The first-order chi connectivity index (χ1) is 9.75. The first-order valence-corrected chi connectivity index (χ1v) is 6.59. The van der Waals surface area contributed by atoms with Crippen LogP contribution in [0.15, 0.2) is 47.4 Å². The summed E-state index contributed by atoms with van der Waals surface area (Å²) in [6.07, 6.45) is 2.36. The maximum atomic E-state index is 12.6. The number of carbonyl (C=O) groups excluding carboxylic acids is 1. The molecule has 0 fully saturated rings. The van der Waals surface area contributed by atoms with Gasteiger partial charge in [-0.05, 0) is 24.6 Å². The highest BCUT2D eigenvalue weighted by Crippen LogP contribution is 2.28. The lowest BCUT2D eigenvalue weighted by Gasteiger charge is -2.22. The van der Waals surface area contributed by atoms with Crippen LogP contribution in [0.1, 0.15) is 16.8 Å². The van der Waals surface area contributed by atoms with Crippen molar-refractivity contribution in [1.29, 1.82) is 0 Å². The molecule has 1 aromatic heterocycles. The average Bonchev–Trinajstić information content (AvgIpc) is 2.69. The predicted molar refractivity (Wildman–Crippen MR) is 78.3 cm³/mol. The molecule has 1 aliphatic rings. The zero-order valence-corrected chi connectivity index (χ0v) is 10.9. The third-order valence-corrected chi connectivity index (χ3v) is 3.34. The third kappa shape index (κ3) is 2.30. The van der Waals surface area contributed by atoms with Gasteiger partial charge in [-0.2, -0.15) is 0 Å². The van der Waals surface area contributed by atoms with Gasteiger partial charge in [-0.1, -0.05) is 12.1 Å². The fourth-order valence-electron chi connectivity index (χ4n) is 2.38. The van der Waals surface area contributed by atoms with Crippen LogP contribution in [0.5, 0.6) is 0 Å². The molecule has 102 valence electrons. The molecule has 2 N–H and O–H groups in total. The molecule has 2 aromatic rings. The quantitative estimate of drug-likeness (QED) is 0.830. The lowest BCUT2D eigenvalue weighted by atomic mass is 10.2. The molecule has 5 nitrogen and oxygen atoms in total. The van der Waals surface area contributed by atoms with Gasteiger partial charge in [-0.15, -0.1) is 0 Å². The Morgan fingerprint density at radius 3 is 2.90 bits per heavy atom. The van der Waals surface area contributed by atoms with E-state index < -0.39 is 0 Å². The van der Waals surface area contributed by atoms with Gasteiger partial charge in [-0.25, -0.2) is 0 Å². The molecule has 0 saturated heterocycles. The van der Waals surface area contributed by atoms with Crippen LogP contribution in [0, 0.1) is 0 Å². The van der Waals surface area contributed by atoms with Gasteiger partial charge in [0.2, 0.25) is 5.56 Å². The number of pyridine rings is 1. The Kier molecular flexibility index (Phi) is 3.25. The van der Waals surface area contributed by atoms with E-state index in [1.54, 1.807) is 11.0 Å². The molecule has 0 saturated carbocycles. The van der Waals surface area contributed by atoms with Gasteiger partial charge in [-0.3, -0.25) is 9.59 Å². The number of amides is 1. The van der Waals surface area contributed by atoms with Gasteiger partial charge in [0.25, 0.3) is 5.91 Å². The molecule has 20 heavy (non-hydrogen) atoms. The SMILES string of the molecule is O=C(c1cc[nH]c(=O)c1)N1CCCNc2ccccc21. The number of nitrogens with one attached hydrogen (secondary N) is 2. The van der Waals surface area contributed by atoms with Gasteiger partial charge < -0.3 is 15.2 Å². The maximum absolute atomic E-state index is 12.6. The molecule has 0 spiro atoms. The van der Waals surface area contributed by atoms with E-state index in [2.05, 4.69) is 10.3 Å². The first kappa shape index (κ1) is 12.5. The molecule has 3 rings (SSSR count). The maximum Gasteiger partial charge on any atom is 0.258 e. The van der Waals surface area contributed by atoms with E-state index in [4.69, 9.17) is 0 Å². The minimum atomic E-state index is -0.267. The zero-order valence-electron chi connectivity index (χ0n) is 10.9. The molecular formula is C15H15N3O2. The highest BCUT2D eigenvalue weighted by molar-refractivity contribution is 6.07. The average molecular weight is 269 g/mol. The summed E-state index contributed by atoms with van der Waals surface area (Å²) in [7, 11) is 0. The van der Waals surface area contributed by atoms with Crippen molar-refractivity contribution in [1.82, 2.24) is 4.98 Å². The van der Waals surface area contributed by atoms with E-state index >= 15 is 0 Å². The summed E-state index contributed by atoms with van der Waals surface area (Å²) in [6.45, 7) is 1.46. The van der Waals surface area contributed by atoms with E-state index in [0.29, 0.717) is 12.1 Å². The fourth-order valence-corrected chi connectivity index (χ4v) is 2.38. The lowest BCUT2D eigenvalue weighted by molar-refractivity contribution is 0.0987. The summed E-state index contributed by atoms with van der Waals surface area (Å²) in [5.41, 5.74) is 1.95. The van der Waals surface area contributed by atoms with Crippen molar-refractivity contribution in [3.63, 3.8) is 0 Å². The summed E-state index contributed by atoms with van der Waals surface area (Å²) in [4.78, 5) is 28.2. The Hall–Kier alpha value is -2.56. The molecule has 2 heterocycles. The second-order valence-electron chi connectivity index (χ2n) is 4.70. The van der Waals surface area contributed by atoms with Crippen LogP contribution < -0.4 is 15.8 Å². The molecular weight excluding hydrogens is 254 g/mol. The summed E-state index contributed by atoms with van der Waals surface area (Å²) < 4.78 is 0. The molecule has 1 aromatic carbocycles. The minimum absolute atomic E-state index is 0.146. The summed E-state index contributed by atoms with van der Waals surface area (Å²) >= 11 is 0. The molecule has 0 aliphatic carbocycles. The lowest BCUT2D eigenvalue weighted by Crippen LogP contribution is -2.32. The Labute approximate surface area is 116 Å². The second kappa shape index (κ2) is 5.21. The van der Waals surface area contributed by atoms with E-state index in [0.717, 1.165) is 24.3 Å². The van der Waals surface area contributed by atoms with Crippen molar-refractivity contribution in [3.05, 3.63) is 58.5 Å². The van der Waals surface area contributed by atoms with Crippen molar-refractivity contribution >= 4 is 17.3 Å². The number of aromatic amines is 1. The van der Waals surface area contributed by atoms with Gasteiger partial charge in [0.05, 0.1) is 11.4 Å². The van der Waals surface area contributed by atoms with Gasteiger partial charge in [0.1, 0.15) is 0 Å². The number of nitrogens with zero attached hydrogens (tertiary/aromatic N) is 1. The van der Waals surface area contributed by atoms with Crippen LogP contribution >= 0.6 is 0 Å². The van der Waals surface area contributed by atoms with Crippen LogP contribution in [0.2, 0.25) is 0 Å². The van der Waals surface area contributed by atoms with E-state index in [1.807, 2.05) is 24.3 Å². The summed E-state index contributed by atoms with van der Waals surface area (Å²) in [5, 5.41) is 3.31. The Balaban J connectivity index is 2.01. The fraction of sp³-hybridized carbons (Fsp3) is 0.200. The summed E-state index contributed by atoms with van der Waals surface area (Å²) in [5.74, 6) is -0.146. The number of carbonyl (C=O) groups is 1. The molecule has 1 aliphatic heterocycles. The van der Waals surface area contributed by atoms with Crippen LogP contribution in [-0.2, 0) is 0 Å². The van der Waals surface area contributed by atoms with Gasteiger partial charge >= 0.3 is 0 Å². The monoisotopic (exact) mass is 269 g/mol. The number of H-pyrrole nitrogens is 1. The number of para-hydroxylation sites is 2. The Bertz CT molecular complexity index is 693. The Morgan fingerprint density at radius 2 is 2.05 bits per heavy atom. The largest absolute Gasteiger partial charge is 0.383 e. The summed E-state index contributed by atoms with van der Waals surface area (Å²) in [6, 6.07) is 10.7. The smallest absolute Gasteiger partial charge is 0.258 e. The van der Waals surface area contributed by atoms with Gasteiger partial charge in [0.15, 0.2) is 0 Å². The van der Waals surface area contributed by atoms with Crippen LogP contribution in [0.4, 0.5) is 11.4 Å². The predicted octanol–water partition coefficient (Wildman–Crippen LogP) is 1.84. The first-order valence-electron chi connectivity index (χ1n) is 6.59. The second-order valence-corrected chi connectivity index (χ2v) is 4.70. The molecule has 0 radical (unpaired) electrons. The third-order valence-electron chi connectivity index (χ3n) is 3.34. The van der Waals surface area contributed by atoms with E-state index in [-0.39, 0.29) is 11.5 Å².